The van der Waals surface area contributed by atoms with E-state index < -0.39 is 0 Å². The number of carbonyl (C=O) groups excluding carboxylic acids is 2. The Hall–Kier alpha value is -1.06. The van der Waals surface area contributed by atoms with E-state index in [4.69, 9.17) is 0 Å². The number of likely N-dealkylation sites (tertiary alicyclic amines) is 1. The molecule has 0 radical (unpaired) electrons. The van der Waals surface area contributed by atoms with E-state index in [9.17, 15) is 9.59 Å². The van der Waals surface area contributed by atoms with Crippen LogP contribution in [-0.4, -0.2) is 36.3 Å². The Labute approximate surface area is 110 Å². The van der Waals surface area contributed by atoms with Crippen molar-refractivity contribution < 1.29 is 9.59 Å². The van der Waals surface area contributed by atoms with Gasteiger partial charge < -0.3 is 10.2 Å². The highest BCUT2D eigenvalue weighted by Crippen LogP contribution is 2.19. The zero-order chi connectivity index (χ0) is 13.5. The van der Waals surface area contributed by atoms with Crippen LogP contribution in [0.3, 0.4) is 0 Å². The molecule has 4 nitrogen and oxygen atoms in total. The van der Waals surface area contributed by atoms with Crippen LogP contribution in [0.15, 0.2) is 0 Å². The first kappa shape index (κ1) is 15.0. The number of carbonyl (C=O) groups is 2. The van der Waals surface area contributed by atoms with Gasteiger partial charge in [-0.2, -0.15) is 0 Å². The highest BCUT2D eigenvalue weighted by Gasteiger charge is 2.34. The molecule has 0 spiro atoms. The van der Waals surface area contributed by atoms with Crippen LogP contribution in [-0.2, 0) is 9.59 Å². The van der Waals surface area contributed by atoms with Gasteiger partial charge in [-0.05, 0) is 12.3 Å². The summed E-state index contributed by atoms with van der Waals surface area (Å²) in [4.78, 5) is 25.5. The average Bonchev–Trinajstić information content (AvgIpc) is 2.65. The van der Waals surface area contributed by atoms with Crippen molar-refractivity contribution in [1.82, 2.24) is 10.2 Å². The molecule has 1 aliphatic heterocycles. The minimum absolute atomic E-state index is 0.0470. The molecule has 1 rings (SSSR count). The number of nitrogens with one attached hydrogen (secondary N) is 1. The van der Waals surface area contributed by atoms with Crippen LogP contribution < -0.4 is 5.32 Å². The van der Waals surface area contributed by atoms with Gasteiger partial charge in [0, 0.05) is 26.1 Å². The van der Waals surface area contributed by atoms with E-state index in [1.165, 1.54) is 0 Å². The first-order chi connectivity index (χ1) is 8.54. The fraction of sp³-hybridized carbons (Fsp3) is 0.857. The monoisotopic (exact) mass is 254 g/mol. The van der Waals surface area contributed by atoms with Gasteiger partial charge in [0.05, 0.1) is 5.92 Å². The molecule has 1 atom stereocenters. The Morgan fingerprint density at radius 1 is 1.44 bits per heavy atom. The van der Waals surface area contributed by atoms with Crippen molar-refractivity contribution in [1.29, 1.82) is 0 Å². The van der Waals surface area contributed by atoms with Crippen molar-refractivity contribution in [3.05, 3.63) is 0 Å². The van der Waals surface area contributed by atoms with Crippen LogP contribution in [0, 0.1) is 11.8 Å². The number of amides is 2. The highest BCUT2D eigenvalue weighted by molar-refractivity contribution is 5.89. The number of hydrogen-bond acceptors (Lipinski definition) is 2. The van der Waals surface area contributed by atoms with Crippen LogP contribution >= 0.6 is 0 Å². The second kappa shape index (κ2) is 7.39. The molecule has 1 unspecified atom stereocenters. The Morgan fingerprint density at radius 2 is 2.17 bits per heavy atom. The third-order valence-electron chi connectivity index (χ3n) is 3.25. The second-order valence-corrected chi connectivity index (χ2v) is 5.59. The molecule has 0 aromatic rings. The van der Waals surface area contributed by atoms with Gasteiger partial charge in [0.25, 0.3) is 0 Å². The molecule has 2 amide bonds. The molecule has 0 bridgehead atoms. The predicted octanol–water partition coefficient (Wildman–Crippen LogP) is 1.80. The summed E-state index contributed by atoms with van der Waals surface area (Å²) in [5.41, 5.74) is 0. The first-order valence-electron chi connectivity index (χ1n) is 7.10. The van der Waals surface area contributed by atoms with E-state index in [2.05, 4.69) is 26.1 Å². The summed E-state index contributed by atoms with van der Waals surface area (Å²) in [6.45, 7) is 8.41. The number of rotatable bonds is 7. The molecule has 18 heavy (non-hydrogen) atoms. The summed E-state index contributed by atoms with van der Waals surface area (Å²) < 4.78 is 0. The minimum atomic E-state index is -0.141. The van der Waals surface area contributed by atoms with Crippen molar-refractivity contribution in [2.24, 2.45) is 11.8 Å². The van der Waals surface area contributed by atoms with E-state index in [0.29, 0.717) is 18.9 Å². The van der Waals surface area contributed by atoms with Gasteiger partial charge in [0.15, 0.2) is 0 Å². The van der Waals surface area contributed by atoms with Gasteiger partial charge in [-0.25, -0.2) is 0 Å². The van der Waals surface area contributed by atoms with E-state index in [-0.39, 0.29) is 17.7 Å². The standard InChI is InChI=1S/C14H26N2O2/c1-4-5-6-7-15-14(18)12-8-13(17)16(10-12)9-11(2)3/h11-12H,4-10H2,1-3H3,(H,15,18). The molecular formula is C14H26N2O2. The number of unbranched alkanes of at least 4 members (excludes halogenated alkanes) is 2. The Bertz CT molecular complexity index is 290. The third kappa shape index (κ3) is 4.67. The number of nitrogens with zero attached hydrogens (tertiary/aromatic N) is 1. The summed E-state index contributed by atoms with van der Waals surface area (Å²) in [5.74, 6) is 0.487. The smallest absolute Gasteiger partial charge is 0.225 e. The molecule has 4 heteroatoms. The van der Waals surface area contributed by atoms with Gasteiger partial charge in [-0.1, -0.05) is 33.6 Å². The molecule has 0 aromatic carbocycles. The van der Waals surface area contributed by atoms with Gasteiger partial charge in [0.2, 0.25) is 11.8 Å². The Balaban J connectivity index is 2.31. The van der Waals surface area contributed by atoms with Crippen LogP contribution in [0.25, 0.3) is 0 Å². The van der Waals surface area contributed by atoms with Gasteiger partial charge in [-0.3, -0.25) is 9.59 Å². The minimum Gasteiger partial charge on any atom is -0.356 e. The van der Waals surface area contributed by atoms with E-state index in [1.54, 1.807) is 0 Å². The molecule has 104 valence electrons. The molecule has 1 fully saturated rings. The van der Waals surface area contributed by atoms with Crippen molar-refractivity contribution in [2.45, 2.75) is 46.5 Å². The largest absolute Gasteiger partial charge is 0.356 e. The normalized spacial score (nSPS) is 19.7. The lowest BCUT2D eigenvalue weighted by atomic mass is 10.1. The van der Waals surface area contributed by atoms with Gasteiger partial charge >= 0.3 is 0 Å². The zero-order valence-electron chi connectivity index (χ0n) is 11.9. The SMILES string of the molecule is CCCCCNC(=O)C1CC(=O)N(CC(C)C)C1. The van der Waals surface area contributed by atoms with Crippen molar-refractivity contribution in [3.8, 4) is 0 Å². The summed E-state index contributed by atoms with van der Waals surface area (Å²) in [6, 6.07) is 0. The van der Waals surface area contributed by atoms with Crippen LogP contribution in [0.1, 0.15) is 46.5 Å². The zero-order valence-corrected chi connectivity index (χ0v) is 11.9. The summed E-state index contributed by atoms with van der Waals surface area (Å²) >= 11 is 0. The molecule has 1 N–H and O–H groups in total. The molecule has 0 aromatic heterocycles. The van der Waals surface area contributed by atoms with E-state index in [1.807, 2.05) is 4.90 Å². The molecule has 1 aliphatic rings. The lowest BCUT2D eigenvalue weighted by molar-refractivity contribution is -0.129. The maximum absolute atomic E-state index is 11.9. The quantitative estimate of drug-likeness (QED) is 0.704. The van der Waals surface area contributed by atoms with Crippen molar-refractivity contribution in [3.63, 3.8) is 0 Å². The van der Waals surface area contributed by atoms with Crippen LogP contribution in [0.5, 0.6) is 0 Å². The average molecular weight is 254 g/mol. The van der Waals surface area contributed by atoms with E-state index in [0.717, 1.165) is 32.4 Å². The van der Waals surface area contributed by atoms with Crippen LogP contribution in [0.2, 0.25) is 0 Å². The Morgan fingerprint density at radius 3 is 2.78 bits per heavy atom. The molecule has 0 aliphatic carbocycles. The lowest BCUT2D eigenvalue weighted by Crippen LogP contribution is -2.34. The second-order valence-electron chi connectivity index (χ2n) is 5.59. The maximum Gasteiger partial charge on any atom is 0.225 e. The van der Waals surface area contributed by atoms with E-state index >= 15 is 0 Å². The maximum atomic E-state index is 11.9. The summed E-state index contributed by atoms with van der Waals surface area (Å²) in [7, 11) is 0. The molecule has 1 heterocycles. The fourth-order valence-electron chi connectivity index (χ4n) is 2.30. The fourth-order valence-corrected chi connectivity index (χ4v) is 2.30. The van der Waals surface area contributed by atoms with Gasteiger partial charge in [-0.15, -0.1) is 0 Å². The van der Waals surface area contributed by atoms with Crippen molar-refractivity contribution in [2.75, 3.05) is 19.6 Å². The predicted molar refractivity (Wildman–Crippen MR) is 72.1 cm³/mol. The topological polar surface area (TPSA) is 49.4 Å². The molecular weight excluding hydrogens is 228 g/mol. The molecule has 0 saturated carbocycles. The first-order valence-corrected chi connectivity index (χ1v) is 7.10. The summed E-state index contributed by atoms with van der Waals surface area (Å²) in [6.07, 6.45) is 3.70. The highest BCUT2D eigenvalue weighted by atomic mass is 16.2. The molecule has 1 saturated heterocycles. The number of hydrogen-bond donors (Lipinski definition) is 1. The van der Waals surface area contributed by atoms with Crippen LogP contribution in [0.4, 0.5) is 0 Å². The van der Waals surface area contributed by atoms with Gasteiger partial charge in [0.1, 0.15) is 0 Å². The summed E-state index contributed by atoms with van der Waals surface area (Å²) in [5, 5.41) is 2.94. The van der Waals surface area contributed by atoms with Crippen molar-refractivity contribution >= 4 is 11.8 Å². The Kier molecular flexibility index (Phi) is 6.16. The third-order valence-corrected chi connectivity index (χ3v) is 3.25. The lowest BCUT2D eigenvalue weighted by Gasteiger charge is -2.18.